The molecule has 2 rings (SSSR count). The monoisotopic (exact) mass is 268 g/mol. The van der Waals surface area contributed by atoms with Gasteiger partial charge in [0, 0.05) is 20.1 Å². The van der Waals surface area contributed by atoms with Gasteiger partial charge >= 0.3 is 12.0 Å². The number of hydrogen-bond acceptors (Lipinski definition) is 2. The van der Waals surface area contributed by atoms with E-state index in [0.29, 0.717) is 5.41 Å². The van der Waals surface area contributed by atoms with E-state index in [9.17, 15) is 14.7 Å². The van der Waals surface area contributed by atoms with Crippen LogP contribution in [0.3, 0.4) is 0 Å². The second-order valence-electron chi connectivity index (χ2n) is 6.58. The third-order valence-electron chi connectivity index (χ3n) is 5.02. The summed E-state index contributed by atoms with van der Waals surface area (Å²) in [6.07, 6.45) is 6.02. The Hall–Kier alpha value is -1.26. The molecule has 0 aromatic rings. The Bertz CT molecular complexity index is 386. The number of rotatable bonds is 2. The molecule has 1 saturated heterocycles. The fourth-order valence-electron chi connectivity index (χ4n) is 3.23. The number of aliphatic carboxylic acids is 1. The highest BCUT2D eigenvalue weighted by Crippen LogP contribution is 2.45. The summed E-state index contributed by atoms with van der Waals surface area (Å²) in [5.74, 6) is -0.974. The van der Waals surface area contributed by atoms with Crippen molar-refractivity contribution in [3.8, 4) is 0 Å². The average molecular weight is 268 g/mol. The highest BCUT2D eigenvalue weighted by atomic mass is 16.4. The van der Waals surface area contributed by atoms with Crippen molar-refractivity contribution in [2.24, 2.45) is 5.41 Å². The Morgan fingerprint density at radius 2 is 1.79 bits per heavy atom. The molecule has 0 bridgehead atoms. The summed E-state index contributed by atoms with van der Waals surface area (Å²) < 4.78 is 0. The summed E-state index contributed by atoms with van der Waals surface area (Å²) >= 11 is 0. The first-order chi connectivity index (χ1) is 8.78. The number of urea groups is 1. The summed E-state index contributed by atoms with van der Waals surface area (Å²) in [4.78, 5) is 26.8. The van der Waals surface area contributed by atoms with Gasteiger partial charge < -0.3 is 14.9 Å². The quantitative estimate of drug-likeness (QED) is 0.835. The second-order valence-corrected chi connectivity index (χ2v) is 6.58. The maximum atomic E-state index is 12.4. The Morgan fingerprint density at radius 3 is 2.32 bits per heavy atom. The molecule has 0 unspecified atom stereocenters. The number of carboxylic acids is 1. The van der Waals surface area contributed by atoms with Crippen LogP contribution in [0.5, 0.6) is 0 Å². The van der Waals surface area contributed by atoms with Gasteiger partial charge in [0.2, 0.25) is 0 Å². The number of carbonyl (C=O) groups is 2. The Labute approximate surface area is 114 Å². The molecule has 1 spiro atoms. The van der Waals surface area contributed by atoms with E-state index in [4.69, 9.17) is 0 Å². The first kappa shape index (κ1) is 14.2. The number of likely N-dealkylation sites (tertiary alicyclic amines) is 1. The Balaban J connectivity index is 2.03. The van der Waals surface area contributed by atoms with Crippen molar-refractivity contribution in [3.63, 3.8) is 0 Å². The molecule has 1 heterocycles. The highest BCUT2D eigenvalue weighted by Gasteiger charge is 2.44. The lowest BCUT2D eigenvalue weighted by Crippen LogP contribution is -2.54. The summed E-state index contributed by atoms with van der Waals surface area (Å²) in [5.41, 5.74) is -0.841. The maximum Gasteiger partial charge on any atom is 0.329 e. The van der Waals surface area contributed by atoms with Crippen LogP contribution in [0.15, 0.2) is 0 Å². The fourth-order valence-corrected chi connectivity index (χ4v) is 3.23. The third kappa shape index (κ3) is 2.42. The molecule has 2 aliphatic rings. The molecular weight excluding hydrogens is 244 g/mol. The van der Waals surface area contributed by atoms with Gasteiger partial charge in [0.05, 0.1) is 0 Å². The Kier molecular flexibility index (Phi) is 3.49. The number of carbonyl (C=O) groups excluding carboxylic acids is 1. The van der Waals surface area contributed by atoms with Gasteiger partial charge in [-0.05, 0) is 38.5 Å². The van der Waals surface area contributed by atoms with Crippen LogP contribution < -0.4 is 0 Å². The maximum absolute atomic E-state index is 12.4. The molecule has 1 aliphatic heterocycles. The molecule has 1 aliphatic carbocycles. The van der Waals surface area contributed by atoms with E-state index in [1.54, 1.807) is 20.9 Å². The zero-order chi connectivity index (χ0) is 14.3. The van der Waals surface area contributed by atoms with Gasteiger partial charge in [-0.25, -0.2) is 9.59 Å². The Morgan fingerprint density at radius 1 is 1.21 bits per heavy atom. The largest absolute Gasteiger partial charge is 0.480 e. The van der Waals surface area contributed by atoms with Crippen LogP contribution in [0.1, 0.15) is 46.0 Å². The summed E-state index contributed by atoms with van der Waals surface area (Å²) in [6.45, 7) is 4.69. The summed E-state index contributed by atoms with van der Waals surface area (Å²) in [5, 5.41) is 9.20. The third-order valence-corrected chi connectivity index (χ3v) is 5.02. The smallest absolute Gasteiger partial charge is 0.329 e. The van der Waals surface area contributed by atoms with Crippen LogP contribution in [0.4, 0.5) is 4.79 Å². The minimum absolute atomic E-state index is 0.156. The van der Waals surface area contributed by atoms with Gasteiger partial charge in [-0.2, -0.15) is 0 Å². The minimum Gasteiger partial charge on any atom is -0.480 e. The van der Waals surface area contributed by atoms with Gasteiger partial charge in [-0.15, -0.1) is 0 Å². The van der Waals surface area contributed by atoms with Crippen molar-refractivity contribution < 1.29 is 14.7 Å². The lowest BCUT2D eigenvalue weighted by atomic mass is 9.86. The van der Waals surface area contributed by atoms with Crippen LogP contribution in [-0.2, 0) is 4.79 Å². The standard InChI is InChI=1S/C14H24N2O3/c1-13(2,11(17)18)15(3)12(19)16-9-8-14(10-16)6-4-5-7-14/h4-10H2,1-3H3,(H,17,18). The van der Waals surface area contributed by atoms with Crippen molar-refractivity contribution in [2.45, 2.75) is 51.5 Å². The van der Waals surface area contributed by atoms with E-state index in [0.717, 1.165) is 19.5 Å². The minimum atomic E-state index is -1.16. The molecule has 0 atom stereocenters. The van der Waals surface area contributed by atoms with Crippen molar-refractivity contribution in [2.75, 3.05) is 20.1 Å². The molecule has 19 heavy (non-hydrogen) atoms. The topological polar surface area (TPSA) is 60.9 Å². The van der Waals surface area contributed by atoms with Gasteiger partial charge in [0.25, 0.3) is 0 Å². The van der Waals surface area contributed by atoms with Gasteiger partial charge in [-0.3, -0.25) is 0 Å². The lowest BCUT2D eigenvalue weighted by Gasteiger charge is -2.35. The van der Waals surface area contributed by atoms with Crippen molar-refractivity contribution >= 4 is 12.0 Å². The van der Waals surface area contributed by atoms with Crippen molar-refractivity contribution in [3.05, 3.63) is 0 Å². The zero-order valence-electron chi connectivity index (χ0n) is 12.1. The van der Waals surface area contributed by atoms with E-state index < -0.39 is 11.5 Å². The van der Waals surface area contributed by atoms with Crippen LogP contribution in [-0.4, -0.2) is 52.6 Å². The first-order valence-corrected chi connectivity index (χ1v) is 7.05. The zero-order valence-corrected chi connectivity index (χ0v) is 12.1. The lowest BCUT2D eigenvalue weighted by molar-refractivity contribution is -0.147. The van der Waals surface area contributed by atoms with Gasteiger partial charge in [0.15, 0.2) is 0 Å². The number of hydrogen-bond donors (Lipinski definition) is 1. The SMILES string of the molecule is CN(C(=O)N1CCC2(CCCC2)C1)C(C)(C)C(=O)O. The van der Waals surface area contributed by atoms with Crippen LogP contribution in [0.25, 0.3) is 0 Å². The predicted octanol–water partition coefficient (Wildman–Crippen LogP) is 2.17. The number of amides is 2. The number of nitrogens with zero attached hydrogens (tertiary/aromatic N) is 2. The number of carboxylic acid groups (broad SMARTS) is 1. The molecule has 5 heteroatoms. The normalized spacial score (nSPS) is 21.9. The molecule has 2 fully saturated rings. The van der Waals surface area contributed by atoms with E-state index in [1.165, 1.54) is 30.6 Å². The fraction of sp³-hybridized carbons (Fsp3) is 0.857. The van der Waals surface area contributed by atoms with E-state index >= 15 is 0 Å². The van der Waals surface area contributed by atoms with Crippen LogP contribution >= 0.6 is 0 Å². The summed E-state index contributed by atoms with van der Waals surface area (Å²) in [6, 6.07) is -0.156. The molecule has 108 valence electrons. The molecule has 0 aromatic carbocycles. The molecule has 5 nitrogen and oxygen atoms in total. The van der Waals surface area contributed by atoms with Crippen molar-refractivity contribution in [1.29, 1.82) is 0 Å². The molecule has 1 saturated carbocycles. The highest BCUT2D eigenvalue weighted by molar-refractivity contribution is 5.85. The molecule has 1 N–H and O–H groups in total. The molecular formula is C14H24N2O3. The van der Waals surface area contributed by atoms with Crippen LogP contribution in [0, 0.1) is 5.41 Å². The van der Waals surface area contributed by atoms with Gasteiger partial charge in [-0.1, -0.05) is 12.8 Å². The average Bonchev–Trinajstić information content (AvgIpc) is 2.98. The number of likely N-dealkylation sites (N-methyl/N-ethyl adjacent to an activating group) is 1. The van der Waals surface area contributed by atoms with Gasteiger partial charge in [0.1, 0.15) is 5.54 Å². The summed E-state index contributed by atoms with van der Waals surface area (Å²) in [7, 11) is 1.58. The van der Waals surface area contributed by atoms with Crippen molar-refractivity contribution in [1.82, 2.24) is 9.80 Å². The first-order valence-electron chi connectivity index (χ1n) is 7.05. The molecule has 2 amide bonds. The second kappa shape index (κ2) is 4.69. The van der Waals surface area contributed by atoms with E-state index in [1.807, 2.05) is 4.90 Å². The van der Waals surface area contributed by atoms with Crippen LogP contribution in [0.2, 0.25) is 0 Å². The molecule has 0 radical (unpaired) electrons. The van der Waals surface area contributed by atoms with E-state index in [2.05, 4.69) is 0 Å². The van der Waals surface area contributed by atoms with E-state index in [-0.39, 0.29) is 6.03 Å². The molecule has 0 aromatic heterocycles. The predicted molar refractivity (Wildman–Crippen MR) is 72.0 cm³/mol.